The number of carbonyl (C=O) groups is 2. The fourth-order valence-electron chi connectivity index (χ4n) is 4.46. The van der Waals surface area contributed by atoms with E-state index in [9.17, 15) is 14.7 Å². The average molecular weight is 513 g/mol. The molecule has 0 saturated heterocycles. The predicted octanol–water partition coefficient (Wildman–Crippen LogP) is 2.79. The van der Waals surface area contributed by atoms with Crippen LogP contribution < -0.4 is 24.4 Å². The molecule has 0 fully saturated rings. The SMILES string of the molecule is C[C@@H]1CN([C@@H](C)CO)C(=O)Cc2cc(N(C)C)ccc2O[C@@H]1CN(C)C(=O)Nc1ccc2c(c1)OCO2. The largest absolute Gasteiger partial charge is 0.488 e. The lowest BCUT2D eigenvalue weighted by Gasteiger charge is -2.34. The van der Waals surface area contributed by atoms with Gasteiger partial charge in [-0.05, 0) is 37.3 Å². The van der Waals surface area contributed by atoms with Crippen LogP contribution in [0, 0.1) is 5.92 Å². The van der Waals surface area contributed by atoms with Crippen LogP contribution in [-0.2, 0) is 11.2 Å². The lowest BCUT2D eigenvalue weighted by molar-refractivity contribution is -0.134. The van der Waals surface area contributed by atoms with Gasteiger partial charge in [-0.3, -0.25) is 4.79 Å². The van der Waals surface area contributed by atoms with E-state index in [0.29, 0.717) is 36.0 Å². The van der Waals surface area contributed by atoms with Crippen LogP contribution >= 0.6 is 0 Å². The Morgan fingerprint density at radius 3 is 2.59 bits per heavy atom. The second-order valence-electron chi connectivity index (χ2n) is 9.95. The molecule has 0 aromatic heterocycles. The zero-order valence-electron chi connectivity index (χ0n) is 22.1. The van der Waals surface area contributed by atoms with E-state index in [0.717, 1.165) is 11.3 Å². The number of aliphatic hydroxyl groups is 1. The quantitative estimate of drug-likeness (QED) is 0.614. The first-order chi connectivity index (χ1) is 17.7. The van der Waals surface area contributed by atoms with Crippen molar-refractivity contribution in [1.82, 2.24) is 9.80 Å². The first kappa shape index (κ1) is 26.4. The number of urea groups is 1. The zero-order valence-corrected chi connectivity index (χ0v) is 22.1. The van der Waals surface area contributed by atoms with E-state index < -0.39 is 6.10 Å². The van der Waals surface area contributed by atoms with Crippen molar-refractivity contribution in [3.8, 4) is 17.2 Å². The number of amides is 3. The minimum atomic E-state index is -0.393. The van der Waals surface area contributed by atoms with Gasteiger partial charge in [0.15, 0.2) is 11.5 Å². The third-order valence-electron chi connectivity index (χ3n) is 6.84. The number of nitrogens with zero attached hydrogens (tertiary/aromatic N) is 3. The highest BCUT2D eigenvalue weighted by Gasteiger charge is 2.32. The van der Waals surface area contributed by atoms with E-state index in [-0.39, 0.29) is 43.7 Å². The van der Waals surface area contributed by atoms with Crippen LogP contribution in [-0.4, -0.2) is 86.6 Å². The molecule has 10 nitrogen and oxygen atoms in total. The van der Waals surface area contributed by atoms with Crippen LogP contribution in [0.25, 0.3) is 0 Å². The standard InChI is InChI=1S/C27H36N4O6/c1-17-13-31(18(2)15-32)26(33)11-19-10-21(29(3)4)7-9-22(19)37-25(17)14-30(5)27(34)28-20-6-8-23-24(12-20)36-16-35-23/h6-10,12,17-18,25,32H,11,13-16H2,1-5H3,(H,28,34)/t17-,18+,25-/m1/s1. The Morgan fingerprint density at radius 2 is 1.86 bits per heavy atom. The van der Waals surface area contributed by atoms with Crippen LogP contribution in [0.4, 0.5) is 16.2 Å². The summed E-state index contributed by atoms with van der Waals surface area (Å²) in [6.45, 7) is 4.56. The van der Waals surface area contributed by atoms with Crippen molar-refractivity contribution in [2.24, 2.45) is 5.92 Å². The van der Waals surface area contributed by atoms with E-state index >= 15 is 0 Å². The van der Waals surface area contributed by atoms with Crippen molar-refractivity contribution in [1.29, 1.82) is 0 Å². The number of carbonyl (C=O) groups excluding carboxylic acids is 2. The van der Waals surface area contributed by atoms with Gasteiger partial charge in [-0.2, -0.15) is 0 Å². The highest BCUT2D eigenvalue weighted by Crippen LogP contribution is 2.34. The lowest BCUT2D eigenvalue weighted by Crippen LogP contribution is -2.48. The molecule has 2 N–H and O–H groups in total. The molecule has 2 aliphatic rings. The fourth-order valence-corrected chi connectivity index (χ4v) is 4.46. The molecule has 2 aromatic rings. The second-order valence-corrected chi connectivity index (χ2v) is 9.95. The number of benzene rings is 2. The van der Waals surface area contributed by atoms with Crippen LogP contribution in [0.5, 0.6) is 17.2 Å². The lowest BCUT2D eigenvalue weighted by atomic mass is 10.0. The molecule has 3 atom stereocenters. The fraction of sp³-hybridized carbons (Fsp3) is 0.481. The molecule has 2 aromatic carbocycles. The average Bonchev–Trinajstić information content (AvgIpc) is 3.35. The third-order valence-corrected chi connectivity index (χ3v) is 6.84. The highest BCUT2D eigenvalue weighted by atomic mass is 16.7. The van der Waals surface area contributed by atoms with E-state index in [1.165, 1.54) is 0 Å². The van der Waals surface area contributed by atoms with Crippen molar-refractivity contribution < 1.29 is 28.9 Å². The number of rotatable bonds is 6. The van der Waals surface area contributed by atoms with E-state index in [4.69, 9.17) is 14.2 Å². The van der Waals surface area contributed by atoms with Gasteiger partial charge in [-0.15, -0.1) is 0 Å². The van der Waals surface area contributed by atoms with E-state index in [1.54, 1.807) is 35.0 Å². The minimum absolute atomic E-state index is 0.0660. The highest BCUT2D eigenvalue weighted by molar-refractivity contribution is 5.89. The Hall–Kier alpha value is -3.66. The summed E-state index contributed by atoms with van der Waals surface area (Å²) in [7, 11) is 5.59. The maximum absolute atomic E-state index is 13.3. The molecule has 2 aliphatic heterocycles. The summed E-state index contributed by atoms with van der Waals surface area (Å²) in [6.07, 6.45) is -0.225. The molecule has 10 heteroatoms. The first-order valence-corrected chi connectivity index (χ1v) is 12.4. The third kappa shape index (κ3) is 6.02. The van der Waals surface area contributed by atoms with Crippen molar-refractivity contribution >= 4 is 23.3 Å². The zero-order chi connectivity index (χ0) is 26.7. The van der Waals surface area contributed by atoms with Gasteiger partial charge < -0.3 is 39.3 Å². The number of ether oxygens (including phenoxy) is 3. The Balaban J connectivity index is 1.55. The van der Waals surface area contributed by atoms with E-state index in [2.05, 4.69) is 5.32 Å². The van der Waals surface area contributed by atoms with E-state index in [1.807, 2.05) is 51.0 Å². The van der Waals surface area contributed by atoms with Gasteiger partial charge in [0.05, 0.1) is 25.6 Å². The summed E-state index contributed by atoms with van der Waals surface area (Å²) in [5, 5.41) is 12.7. The molecular formula is C27H36N4O6. The van der Waals surface area contributed by atoms with Gasteiger partial charge >= 0.3 is 6.03 Å². The smallest absolute Gasteiger partial charge is 0.321 e. The maximum atomic E-state index is 13.3. The van der Waals surface area contributed by atoms with Crippen molar-refractivity contribution in [2.75, 3.05) is 57.8 Å². The molecule has 0 unspecified atom stereocenters. The van der Waals surface area contributed by atoms with Crippen molar-refractivity contribution in [2.45, 2.75) is 32.4 Å². The van der Waals surface area contributed by atoms with Gasteiger partial charge in [-0.25, -0.2) is 4.79 Å². The van der Waals surface area contributed by atoms with Crippen LogP contribution in [0.1, 0.15) is 19.4 Å². The molecule has 0 aliphatic carbocycles. The number of anilines is 2. The summed E-state index contributed by atoms with van der Waals surface area (Å²) in [5.41, 5.74) is 2.33. The van der Waals surface area contributed by atoms with Crippen molar-refractivity contribution in [3.63, 3.8) is 0 Å². The van der Waals surface area contributed by atoms with Crippen LogP contribution in [0.15, 0.2) is 36.4 Å². The molecule has 0 bridgehead atoms. The number of likely N-dealkylation sites (N-methyl/N-ethyl adjacent to an activating group) is 1. The van der Waals surface area contributed by atoms with Gasteiger partial charge in [0.25, 0.3) is 0 Å². The summed E-state index contributed by atoms with van der Waals surface area (Å²) >= 11 is 0. The van der Waals surface area contributed by atoms with Gasteiger partial charge in [0.2, 0.25) is 12.7 Å². The van der Waals surface area contributed by atoms with Crippen LogP contribution in [0.2, 0.25) is 0 Å². The summed E-state index contributed by atoms with van der Waals surface area (Å²) < 4.78 is 17.2. The molecule has 200 valence electrons. The first-order valence-electron chi connectivity index (χ1n) is 12.4. The number of fused-ring (bicyclic) bond motifs is 2. The Labute approximate surface area is 217 Å². The van der Waals surface area contributed by atoms with Crippen molar-refractivity contribution in [3.05, 3.63) is 42.0 Å². The topological polar surface area (TPSA) is 104 Å². The Morgan fingerprint density at radius 1 is 1.14 bits per heavy atom. The summed E-state index contributed by atoms with van der Waals surface area (Å²) in [6, 6.07) is 10.4. The number of hydrogen-bond donors (Lipinski definition) is 2. The van der Waals surface area contributed by atoms with Gasteiger partial charge in [0.1, 0.15) is 11.9 Å². The predicted molar refractivity (Wildman–Crippen MR) is 141 cm³/mol. The Kier molecular flexibility index (Phi) is 7.97. The molecular weight excluding hydrogens is 476 g/mol. The molecule has 2 heterocycles. The monoisotopic (exact) mass is 512 g/mol. The van der Waals surface area contributed by atoms with Gasteiger partial charge in [0, 0.05) is 56.6 Å². The number of aliphatic hydroxyl groups excluding tert-OH is 1. The molecule has 0 spiro atoms. The Bertz CT molecular complexity index is 1140. The number of hydrogen-bond acceptors (Lipinski definition) is 7. The summed E-state index contributed by atoms with van der Waals surface area (Å²) in [4.78, 5) is 31.6. The normalized spacial score (nSPS) is 19.6. The molecule has 0 saturated carbocycles. The molecule has 3 amide bonds. The second kappa shape index (κ2) is 11.2. The maximum Gasteiger partial charge on any atom is 0.321 e. The molecule has 37 heavy (non-hydrogen) atoms. The van der Waals surface area contributed by atoms with Gasteiger partial charge in [-0.1, -0.05) is 6.92 Å². The number of nitrogens with one attached hydrogen (secondary N) is 1. The minimum Gasteiger partial charge on any atom is -0.488 e. The molecule has 4 rings (SSSR count). The summed E-state index contributed by atoms with van der Waals surface area (Å²) in [5.74, 6) is 1.68. The van der Waals surface area contributed by atoms with Crippen LogP contribution in [0.3, 0.4) is 0 Å². The molecule has 0 radical (unpaired) electrons.